The second kappa shape index (κ2) is 15.1. The Bertz CT molecular complexity index is 4250. The van der Waals surface area contributed by atoms with Gasteiger partial charge in [0.05, 0.1) is 39.1 Å². The third-order valence-electron chi connectivity index (χ3n) is 14.6. The molecular weight excluding hydrogens is 855 g/mol. The molecule has 15 rings (SSSR count). The summed E-state index contributed by atoms with van der Waals surface area (Å²) in [6.07, 6.45) is 9.22. The van der Waals surface area contributed by atoms with Crippen LogP contribution in [0.2, 0.25) is 0 Å². The molecular formula is C63H41N7. The van der Waals surface area contributed by atoms with Gasteiger partial charge >= 0.3 is 0 Å². The highest BCUT2D eigenvalue weighted by molar-refractivity contribution is 6.26. The molecule has 0 spiro atoms. The van der Waals surface area contributed by atoms with E-state index in [0.29, 0.717) is 17.6 Å². The van der Waals surface area contributed by atoms with Crippen molar-refractivity contribution in [2.24, 2.45) is 0 Å². The van der Waals surface area contributed by atoms with E-state index in [1.54, 1.807) is 0 Å². The van der Waals surface area contributed by atoms with E-state index in [0.717, 1.165) is 61.0 Å². The monoisotopic (exact) mass is 895 g/mol. The van der Waals surface area contributed by atoms with Crippen LogP contribution in [0.15, 0.2) is 237 Å². The van der Waals surface area contributed by atoms with Gasteiger partial charge in [0.1, 0.15) is 0 Å². The fraction of sp³-hybridized carbons (Fsp3) is 0.0317. The zero-order valence-corrected chi connectivity index (χ0v) is 37.8. The molecule has 0 saturated carbocycles. The summed E-state index contributed by atoms with van der Waals surface area (Å²) in [4.78, 5) is 18.1. The minimum Gasteiger partial charge on any atom is -0.333 e. The fourth-order valence-corrected chi connectivity index (χ4v) is 11.7. The Morgan fingerprint density at radius 1 is 0.357 bits per heavy atom. The van der Waals surface area contributed by atoms with Crippen LogP contribution in [0, 0.1) is 0 Å². The predicted octanol–water partition coefficient (Wildman–Crippen LogP) is 15.2. The van der Waals surface area contributed by atoms with Crippen LogP contribution >= 0.6 is 0 Å². The van der Waals surface area contributed by atoms with E-state index in [9.17, 15) is 0 Å². The predicted molar refractivity (Wildman–Crippen MR) is 287 cm³/mol. The Hall–Kier alpha value is -9.33. The van der Waals surface area contributed by atoms with Crippen molar-refractivity contribution in [1.29, 1.82) is 0 Å². The van der Waals surface area contributed by atoms with Gasteiger partial charge < -0.3 is 14.0 Å². The number of fused-ring (bicyclic) bond motifs is 14. The summed E-state index contributed by atoms with van der Waals surface area (Å²) >= 11 is 0. The highest BCUT2D eigenvalue weighted by atomic mass is 15.2. The van der Waals surface area contributed by atoms with Crippen LogP contribution in [-0.2, 0) is 0 Å². The van der Waals surface area contributed by atoms with Gasteiger partial charge in [0.2, 0.25) is 5.95 Å². The minimum absolute atomic E-state index is 0.0906. The second-order valence-corrected chi connectivity index (χ2v) is 18.3. The maximum absolute atomic E-state index is 5.25. The Kier molecular flexibility index (Phi) is 8.35. The highest BCUT2D eigenvalue weighted by Gasteiger charge is 2.40. The maximum atomic E-state index is 5.25. The molecule has 13 aromatic rings. The van der Waals surface area contributed by atoms with E-state index in [1.165, 1.54) is 43.8 Å². The molecule has 4 aromatic heterocycles. The van der Waals surface area contributed by atoms with E-state index in [2.05, 4.69) is 219 Å². The van der Waals surface area contributed by atoms with Gasteiger partial charge in [0, 0.05) is 77.7 Å². The van der Waals surface area contributed by atoms with Crippen LogP contribution in [0.5, 0.6) is 0 Å². The van der Waals surface area contributed by atoms with Gasteiger partial charge in [-0.15, -0.1) is 0 Å². The lowest BCUT2D eigenvalue weighted by atomic mass is 9.90. The number of allylic oxidation sites excluding steroid dienone is 2. The van der Waals surface area contributed by atoms with Crippen LogP contribution in [0.4, 0.5) is 11.4 Å². The summed E-state index contributed by atoms with van der Waals surface area (Å²) in [6.45, 7) is 0. The molecule has 2 unspecified atom stereocenters. The van der Waals surface area contributed by atoms with Crippen molar-refractivity contribution in [2.45, 2.75) is 12.0 Å². The van der Waals surface area contributed by atoms with Gasteiger partial charge in [0.25, 0.3) is 0 Å². The molecule has 1 aliphatic heterocycles. The molecule has 5 heterocycles. The smallest absolute Gasteiger partial charge is 0.238 e. The van der Waals surface area contributed by atoms with E-state index < -0.39 is 0 Å². The van der Waals surface area contributed by atoms with Crippen molar-refractivity contribution in [3.05, 3.63) is 242 Å². The molecule has 0 amide bonds. The Balaban J connectivity index is 0.970. The topological polar surface area (TPSA) is 56.7 Å². The van der Waals surface area contributed by atoms with Crippen molar-refractivity contribution in [1.82, 2.24) is 28.7 Å². The lowest BCUT2D eigenvalue weighted by Crippen LogP contribution is -2.28. The van der Waals surface area contributed by atoms with Crippen LogP contribution in [0.1, 0.15) is 11.5 Å². The molecule has 9 aromatic carbocycles. The standard InChI is InChI=1S/C63H41N7/c1-4-19-40(20-5-1)61-64-62(41-21-6-2-7-22-41)66-63(65-61)70-54-34-17-13-30-50(54)58-56(70)38-36-48-46-28-11-15-32-52(46)69(60(48)58)44-26-18-25-43(39-44)67-53-33-16-12-29-49(53)57-55(67)37-35-47-45-27-10-14-31-51(45)68(59(47)57)42-23-8-3-9-24-42/h1-39,49,53H. The van der Waals surface area contributed by atoms with E-state index in [1.807, 2.05) is 36.4 Å². The van der Waals surface area contributed by atoms with Crippen molar-refractivity contribution < 1.29 is 0 Å². The maximum Gasteiger partial charge on any atom is 0.238 e. The van der Waals surface area contributed by atoms with Gasteiger partial charge in [-0.3, -0.25) is 4.57 Å². The van der Waals surface area contributed by atoms with E-state index in [4.69, 9.17) is 15.0 Å². The molecule has 70 heavy (non-hydrogen) atoms. The number of anilines is 2. The summed E-state index contributed by atoms with van der Waals surface area (Å²) in [5.41, 5.74) is 14.6. The summed E-state index contributed by atoms with van der Waals surface area (Å²) in [6, 6.07) is 76.0. The van der Waals surface area contributed by atoms with Crippen LogP contribution in [-0.4, -0.2) is 34.7 Å². The quantitative estimate of drug-likeness (QED) is 0.167. The first-order valence-electron chi connectivity index (χ1n) is 24.0. The van der Waals surface area contributed by atoms with Gasteiger partial charge in [-0.1, -0.05) is 176 Å². The van der Waals surface area contributed by atoms with E-state index in [-0.39, 0.29) is 12.0 Å². The molecule has 0 fully saturated rings. The number of para-hydroxylation sites is 4. The SMILES string of the molecule is C1=CC2c3c(ccc4c5ccccc5n(-c5ccccc5)c34)N(c3cccc(-n4c5ccccc5c5ccc6c(c7ccccc7n6-c6nc(-c7ccccc7)nc(-c7ccccc7)n6)c54)c3)C2C=C1. The van der Waals surface area contributed by atoms with Gasteiger partial charge in [0.15, 0.2) is 11.6 Å². The molecule has 7 heteroatoms. The first kappa shape index (κ1) is 38.7. The van der Waals surface area contributed by atoms with Crippen molar-refractivity contribution >= 4 is 76.8 Å². The summed E-state index contributed by atoms with van der Waals surface area (Å²) in [5, 5.41) is 7.18. The summed E-state index contributed by atoms with van der Waals surface area (Å²) in [5.74, 6) is 1.97. The third-order valence-corrected chi connectivity index (χ3v) is 14.6. The molecule has 7 nitrogen and oxygen atoms in total. The Morgan fingerprint density at radius 3 is 1.57 bits per heavy atom. The molecule has 1 aliphatic carbocycles. The third kappa shape index (κ3) is 5.60. The average Bonchev–Trinajstić information content (AvgIpc) is 4.17. The van der Waals surface area contributed by atoms with Crippen molar-refractivity contribution in [2.75, 3.05) is 4.90 Å². The number of hydrogen-bond acceptors (Lipinski definition) is 4. The fourth-order valence-electron chi connectivity index (χ4n) is 11.7. The first-order chi connectivity index (χ1) is 34.8. The van der Waals surface area contributed by atoms with E-state index >= 15 is 0 Å². The first-order valence-corrected chi connectivity index (χ1v) is 24.0. The largest absolute Gasteiger partial charge is 0.333 e. The molecule has 0 bridgehead atoms. The van der Waals surface area contributed by atoms with Crippen molar-refractivity contribution in [3.8, 4) is 40.1 Å². The van der Waals surface area contributed by atoms with Gasteiger partial charge in [-0.25, -0.2) is 4.98 Å². The zero-order valence-electron chi connectivity index (χ0n) is 37.8. The number of rotatable bonds is 6. The number of benzene rings is 9. The lowest BCUT2D eigenvalue weighted by molar-refractivity contribution is 0.746. The second-order valence-electron chi connectivity index (χ2n) is 18.3. The van der Waals surface area contributed by atoms with Crippen LogP contribution < -0.4 is 4.90 Å². The number of hydrogen-bond donors (Lipinski definition) is 0. The molecule has 2 aliphatic rings. The van der Waals surface area contributed by atoms with Gasteiger partial charge in [-0.2, -0.15) is 9.97 Å². The molecule has 2 atom stereocenters. The molecule has 328 valence electrons. The molecule has 0 radical (unpaired) electrons. The number of nitrogens with zero attached hydrogens (tertiary/aromatic N) is 7. The Morgan fingerprint density at radius 2 is 0.886 bits per heavy atom. The zero-order chi connectivity index (χ0) is 45.9. The average molecular weight is 896 g/mol. The molecule has 0 N–H and O–H groups in total. The molecule has 0 saturated heterocycles. The van der Waals surface area contributed by atoms with Crippen LogP contribution in [0.3, 0.4) is 0 Å². The summed E-state index contributed by atoms with van der Waals surface area (Å²) in [7, 11) is 0. The minimum atomic E-state index is 0.0906. The normalized spacial score (nSPS) is 15.3. The number of aromatic nitrogens is 6. The van der Waals surface area contributed by atoms with Crippen LogP contribution in [0.25, 0.3) is 106 Å². The van der Waals surface area contributed by atoms with Gasteiger partial charge in [-0.05, 0) is 60.7 Å². The Labute approximate surface area is 402 Å². The van der Waals surface area contributed by atoms with Crippen molar-refractivity contribution in [3.63, 3.8) is 0 Å². The summed E-state index contributed by atoms with van der Waals surface area (Å²) < 4.78 is 7.18. The lowest BCUT2D eigenvalue weighted by Gasteiger charge is -2.29. The highest BCUT2D eigenvalue weighted by Crippen LogP contribution is 2.53.